The van der Waals surface area contributed by atoms with Gasteiger partial charge in [-0.3, -0.25) is 0 Å². The second-order valence-electron chi connectivity index (χ2n) is 21.2. The van der Waals surface area contributed by atoms with Crippen LogP contribution in [0.15, 0.2) is 105 Å². The van der Waals surface area contributed by atoms with Crippen LogP contribution < -0.4 is 24.8 Å². The molecule has 0 heterocycles. The number of hydrogen-bond acceptors (Lipinski definition) is 0. The number of rotatable bonds is 6. The van der Waals surface area contributed by atoms with Gasteiger partial charge in [0.25, 0.3) is 0 Å². The number of benzene rings is 4. The first-order chi connectivity index (χ1) is 26.1. The second kappa shape index (κ2) is 15.6. The Hall–Kier alpha value is -2.31. The summed E-state index contributed by atoms with van der Waals surface area (Å²) in [6.45, 7) is 24.0. The first kappa shape index (κ1) is 42.8. The summed E-state index contributed by atoms with van der Waals surface area (Å²) in [6, 6.07) is 34.6. The summed E-state index contributed by atoms with van der Waals surface area (Å²) in [5.74, 6) is 3.44. The van der Waals surface area contributed by atoms with Crippen LogP contribution in [0.4, 0.5) is 0 Å². The largest absolute Gasteiger partial charge is 1.00 e. The van der Waals surface area contributed by atoms with Crippen molar-refractivity contribution in [2.45, 2.75) is 129 Å². The average Bonchev–Trinajstić information content (AvgIpc) is 3.58. The smallest absolute Gasteiger partial charge is 1.00 e. The minimum Gasteiger partial charge on any atom is -1.00 e. The van der Waals surface area contributed by atoms with Gasteiger partial charge in [0.05, 0.1) is 0 Å². The Morgan fingerprint density at radius 3 is 1.44 bits per heavy atom. The summed E-state index contributed by atoms with van der Waals surface area (Å²) in [6.07, 6.45) is 13.1. The van der Waals surface area contributed by atoms with E-state index in [4.69, 9.17) is 0 Å². The maximum Gasteiger partial charge on any atom is -1.00 e. The van der Waals surface area contributed by atoms with Crippen LogP contribution in [0.5, 0.6) is 0 Å². The third-order valence-corrected chi connectivity index (χ3v) is 24.0. The monoisotopic (exact) mass is 872 g/mol. The van der Waals surface area contributed by atoms with Crippen LogP contribution in [-0.2, 0) is 32.1 Å². The van der Waals surface area contributed by atoms with Gasteiger partial charge in [0.2, 0.25) is 0 Å². The summed E-state index contributed by atoms with van der Waals surface area (Å²) < 4.78 is 3.93. The Morgan fingerprint density at radius 2 is 1.04 bits per heavy atom. The molecular weight excluding hydrogens is 811 g/mol. The van der Waals surface area contributed by atoms with E-state index in [0.29, 0.717) is 15.0 Å². The fourth-order valence-corrected chi connectivity index (χ4v) is 22.4. The Labute approximate surface area is 365 Å². The molecule has 6 aliphatic carbocycles. The molecule has 4 saturated carbocycles. The van der Waals surface area contributed by atoms with Crippen LogP contribution in [-0.4, -0.2) is 3.21 Å². The molecule has 0 aliphatic heterocycles. The van der Waals surface area contributed by atoms with Crippen LogP contribution in [0.2, 0.25) is 0 Å². The summed E-state index contributed by atoms with van der Waals surface area (Å²) in [4.78, 5) is 0. The molecule has 4 fully saturated rings. The van der Waals surface area contributed by atoms with Gasteiger partial charge in [-0.05, 0) is 0 Å². The van der Waals surface area contributed by atoms with Crippen LogP contribution >= 0.6 is 0 Å². The Kier molecular flexibility index (Phi) is 11.7. The van der Waals surface area contributed by atoms with E-state index in [1.54, 1.807) is 25.5 Å². The molecule has 0 spiro atoms. The first-order valence-electron chi connectivity index (χ1n) is 21.7. The fraction of sp³-hybridized carbons (Fsp3) is 0.463. The molecule has 4 aromatic rings. The van der Waals surface area contributed by atoms with Crippen molar-refractivity contribution in [2.75, 3.05) is 0 Å². The number of aryl methyl sites for hydroxylation is 2. The van der Waals surface area contributed by atoms with Crippen molar-refractivity contribution in [3.8, 4) is 11.1 Å². The third kappa shape index (κ3) is 7.79. The number of allylic oxidation sites excluding steroid dienone is 4. The van der Waals surface area contributed by atoms with Gasteiger partial charge in [0.1, 0.15) is 0 Å². The van der Waals surface area contributed by atoms with E-state index >= 15 is 0 Å². The van der Waals surface area contributed by atoms with E-state index in [2.05, 4.69) is 160 Å². The van der Waals surface area contributed by atoms with Crippen molar-refractivity contribution in [1.29, 1.82) is 0 Å². The molecule has 57 heavy (non-hydrogen) atoms. The summed E-state index contributed by atoms with van der Waals surface area (Å²) >= 11 is -2.99. The van der Waals surface area contributed by atoms with E-state index in [1.807, 2.05) is 3.28 Å². The third-order valence-electron chi connectivity index (χ3n) is 14.8. The topological polar surface area (TPSA) is 0 Å². The normalized spacial score (nSPS) is 24.6. The molecule has 298 valence electrons. The van der Waals surface area contributed by atoms with Gasteiger partial charge in [-0.15, -0.1) is 0 Å². The zero-order valence-electron chi connectivity index (χ0n) is 36.3. The average molecular weight is 875 g/mol. The summed E-state index contributed by atoms with van der Waals surface area (Å²) in [5.41, 5.74) is 18.7. The van der Waals surface area contributed by atoms with E-state index in [9.17, 15) is 0 Å². The van der Waals surface area contributed by atoms with E-state index in [1.165, 1.54) is 89.5 Å². The summed E-state index contributed by atoms with van der Waals surface area (Å²) in [7, 11) is 0. The van der Waals surface area contributed by atoms with Crippen molar-refractivity contribution in [3.63, 3.8) is 0 Å². The number of fused-ring (bicyclic) bond motifs is 3. The molecule has 6 aliphatic rings. The number of halogens is 2. The Morgan fingerprint density at radius 1 is 0.614 bits per heavy atom. The molecule has 0 aromatic heterocycles. The predicted molar refractivity (Wildman–Crippen MR) is 232 cm³/mol. The SMILES string of the molecule is CC1=[C]([Zr+2](=[C](c2ccc(C)cc2)c2ccc(C)cc2)[CH]2c3cc(C(C)(C)C)ccc3-c3ccc(C(C)(C)C)cc32)C(C)C=C1CC12CC3CC(CC(C3)C1)C2.[Cl-].[Cl-]. The molecule has 0 saturated heterocycles. The quantitative estimate of drug-likeness (QED) is 0.183. The molecule has 0 amide bonds. The predicted octanol–water partition coefficient (Wildman–Crippen LogP) is 8.32. The zero-order valence-corrected chi connectivity index (χ0v) is 40.2. The van der Waals surface area contributed by atoms with Gasteiger partial charge in [-0.1, -0.05) is 0 Å². The van der Waals surface area contributed by atoms with Gasteiger partial charge in [-0.2, -0.15) is 0 Å². The standard InChI is InChI=1S/C21H25.C18H25.C15H14.2ClH.Zr/c1-20(2,3)16-7-9-18-14(12-16)11-15-13-17(21(4,5)6)8-10-19(15)18;1-12-3-13(2)17(4-12)11-18-8-14-5-15(9-18)7-16(6-14)10-18;1-12-3-7-14(8-4-12)11-15-9-5-13(2)6-10-15;;;/h7-13H,1-6H3;4,12,14-16H,5-11H2,1-2H3;3-10H,1-2H3;2*1H;/q;;;;;+2/p-2. The molecule has 10 rings (SSSR count). The number of hydrogen-bond donors (Lipinski definition) is 0. The maximum absolute atomic E-state index is 2.99. The minimum atomic E-state index is -2.99. The Bertz CT molecular complexity index is 2120. The van der Waals surface area contributed by atoms with Crippen molar-refractivity contribution < 1.29 is 46.1 Å². The van der Waals surface area contributed by atoms with E-state index in [-0.39, 0.29) is 35.6 Å². The molecular formula is C54H64Cl2Zr. The van der Waals surface area contributed by atoms with Crippen molar-refractivity contribution in [1.82, 2.24) is 0 Å². The van der Waals surface area contributed by atoms with Crippen LogP contribution in [0.25, 0.3) is 11.1 Å². The summed E-state index contributed by atoms with van der Waals surface area (Å²) in [5, 5.41) is 0. The van der Waals surface area contributed by atoms with E-state index in [0.717, 1.165) is 17.8 Å². The van der Waals surface area contributed by atoms with Gasteiger partial charge in [0, 0.05) is 0 Å². The second-order valence-corrected chi connectivity index (χ2v) is 27.2. The van der Waals surface area contributed by atoms with Crippen LogP contribution in [0, 0.1) is 42.9 Å². The molecule has 0 N–H and O–H groups in total. The zero-order chi connectivity index (χ0) is 38.6. The van der Waals surface area contributed by atoms with Crippen molar-refractivity contribution in [2.24, 2.45) is 29.1 Å². The molecule has 4 aromatic carbocycles. The van der Waals surface area contributed by atoms with Gasteiger partial charge in [0.15, 0.2) is 0 Å². The minimum absolute atomic E-state index is 0. The molecule has 3 heteroatoms. The molecule has 0 radical (unpaired) electrons. The maximum atomic E-state index is 2.79. The molecule has 1 unspecified atom stereocenters. The molecule has 0 nitrogen and oxygen atoms in total. The molecule has 1 atom stereocenters. The van der Waals surface area contributed by atoms with E-state index < -0.39 is 21.3 Å². The fourth-order valence-electron chi connectivity index (χ4n) is 12.4. The Balaban J connectivity index is 0.00000248. The van der Waals surface area contributed by atoms with Gasteiger partial charge < -0.3 is 24.8 Å². The first-order valence-corrected chi connectivity index (χ1v) is 25.5. The van der Waals surface area contributed by atoms with Gasteiger partial charge in [-0.25, -0.2) is 0 Å². The van der Waals surface area contributed by atoms with Crippen LogP contribution in [0.3, 0.4) is 0 Å². The van der Waals surface area contributed by atoms with Crippen molar-refractivity contribution in [3.05, 3.63) is 150 Å². The van der Waals surface area contributed by atoms with Gasteiger partial charge >= 0.3 is 343 Å². The van der Waals surface area contributed by atoms with Crippen molar-refractivity contribution >= 4 is 3.21 Å². The van der Waals surface area contributed by atoms with Crippen LogP contribution in [0.1, 0.15) is 148 Å². The molecule has 4 bridgehead atoms.